The average molecular weight is 364 g/mol. The molecule has 7 atom stereocenters. The molecule has 0 aromatic carbocycles. The normalized spacial score (nSPS) is 35.2. The molecule has 0 amide bonds. The SMILES string of the molecule is [B][C@@H]1O[C@H](CC(CC)(CCC)OP(=O)(O)C(C)(O)CC)C(O)[C@@H]1O. The second-order valence-corrected chi connectivity index (χ2v) is 8.98. The minimum Gasteiger partial charge on any atom is -0.388 e. The minimum atomic E-state index is -4.35. The molecular weight excluding hydrogens is 334 g/mol. The Bertz CT molecular complexity index is 461. The van der Waals surface area contributed by atoms with Gasteiger partial charge >= 0.3 is 7.60 Å². The van der Waals surface area contributed by atoms with Crippen molar-refractivity contribution < 1.29 is 34.0 Å². The van der Waals surface area contributed by atoms with Gasteiger partial charge in [-0.3, -0.25) is 9.09 Å². The predicted molar refractivity (Wildman–Crippen MR) is 90.8 cm³/mol. The van der Waals surface area contributed by atoms with E-state index in [-0.39, 0.29) is 12.8 Å². The molecule has 24 heavy (non-hydrogen) atoms. The van der Waals surface area contributed by atoms with Crippen LogP contribution >= 0.6 is 7.60 Å². The number of aliphatic hydroxyl groups is 3. The largest absolute Gasteiger partial charge is 0.388 e. The third-order valence-electron chi connectivity index (χ3n) is 4.92. The van der Waals surface area contributed by atoms with E-state index in [2.05, 4.69) is 0 Å². The van der Waals surface area contributed by atoms with Gasteiger partial charge in [0.05, 0.1) is 17.8 Å². The van der Waals surface area contributed by atoms with Crippen molar-refractivity contribution in [3.63, 3.8) is 0 Å². The third-order valence-corrected chi connectivity index (χ3v) is 7.09. The first kappa shape index (κ1) is 22.1. The van der Waals surface area contributed by atoms with E-state index in [9.17, 15) is 24.8 Å². The molecule has 1 rings (SSSR count). The Hall–Kier alpha value is 0.0549. The fourth-order valence-corrected chi connectivity index (χ4v) is 4.32. The molecule has 0 saturated carbocycles. The lowest BCUT2D eigenvalue weighted by molar-refractivity contribution is -0.0563. The van der Waals surface area contributed by atoms with Gasteiger partial charge in [-0.05, 0) is 26.2 Å². The smallest absolute Gasteiger partial charge is 0.359 e. The summed E-state index contributed by atoms with van der Waals surface area (Å²) in [5.41, 5.74) is -1.08. The Balaban J connectivity index is 3.05. The maximum absolute atomic E-state index is 12.6. The first-order valence-electron chi connectivity index (χ1n) is 8.48. The van der Waals surface area contributed by atoms with Crippen LogP contribution in [0.4, 0.5) is 0 Å². The van der Waals surface area contributed by atoms with Crippen molar-refractivity contribution in [2.24, 2.45) is 0 Å². The number of hydrogen-bond acceptors (Lipinski definition) is 6. The molecule has 1 saturated heterocycles. The van der Waals surface area contributed by atoms with Crippen LogP contribution in [0.1, 0.15) is 59.8 Å². The summed E-state index contributed by atoms with van der Waals surface area (Å²) in [6.07, 6.45) is -1.60. The van der Waals surface area contributed by atoms with Gasteiger partial charge in [-0.15, -0.1) is 0 Å². The van der Waals surface area contributed by atoms with E-state index in [4.69, 9.17) is 17.1 Å². The van der Waals surface area contributed by atoms with E-state index in [1.54, 1.807) is 13.8 Å². The Morgan fingerprint density at radius 2 is 1.79 bits per heavy atom. The molecule has 1 aliphatic rings. The monoisotopic (exact) mass is 364 g/mol. The molecule has 1 aliphatic heterocycles. The second kappa shape index (κ2) is 8.17. The summed E-state index contributed by atoms with van der Waals surface area (Å²) in [7, 11) is 1.25. The molecule has 1 heterocycles. The van der Waals surface area contributed by atoms with Gasteiger partial charge in [0.1, 0.15) is 14.0 Å². The molecule has 140 valence electrons. The van der Waals surface area contributed by atoms with Gasteiger partial charge in [-0.1, -0.05) is 27.2 Å². The summed E-state index contributed by atoms with van der Waals surface area (Å²) in [4.78, 5) is 10.3. The Morgan fingerprint density at radius 1 is 1.21 bits per heavy atom. The van der Waals surface area contributed by atoms with Gasteiger partial charge in [0, 0.05) is 12.4 Å². The van der Waals surface area contributed by atoms with Gasteiger partial charge in [0.25, 0.3) is 0 Å². The number of rotatable bonds is 9. The lowest BCUT2D eigenvalue weighted by Gasteiger charge is -2.40. The van der Waals surface area contributed by atoms with Crippen LogP contribution in [0.2, 0.25) is 0 Å². The van der Waals surface area contributed by atoms with Crippen molar-refractivity contribution in [1.82, 2.24) is 0 Å². The Morgan fingerprint density at radius 3 is 2.17 bits per heavy atom. The van der Waals surface area contributed by atoms with Crippen LogP contribution in [0.15, 0.2) is 0 Å². The van der Waals surface area contributed by atoms with Crippen molar-refractivity contribution in [1.29, 1.82) is 0 Å². The van der Waals surface area contributed by atoms with Crippen LogP contribution in [0, 0.1) is 0 Å². The standard InChI is InChI=1S/C15H30BO7P/c1-5-8-15(7-3,23-24(20,21)14(4,19)6-2)9-10-11(17)12(18)13(16)22-10/h10-13,17-19H,5-9H2,1-4H3,(H,20,21)/t10-,11?,12+,13-,14?,15?/m1/s1. The predicted octanol–water partition coefficient (Wildman–Crippen LogP) is 1.26. The zero-order chi connectivity index (χ0) is 18.8. The highest BCUT2D eigenvalue weighted by Gasteiger charge is 2.50. The van der Waals surface area contributed by atoms with E-state index in [1.165, 1.54) is 6.92 Å². The second-order valence-electron chi connectivity index (χ2n) is 6.79. The highest BCUT2D eigenvalue weighted by molar-refractivity contribution is 7.54. The fraction of sp³-hybridized carbons (Fsp3) is 1.00. The maximum Gasteiger partial charge on any atom is 0.359 e. The summed E-state index contributed by atoms with van der Waals surface area (Å²) < 4.78 is 23.6. The van der Waals surface area contributed by atoms with Gasteiger partial charge in [0.15, 0.2) is 5.34 Å². The molecule has 1 fully saturated rings. The highest BCUT2D eigenvalue weighted by atomic mass is 31.2. The van der Waals surface area contributed by atoms with Crippen molar-refractivity contribution in [2.75, 3.05) is 0 Å². The van der Waals surface area contributed by atoms with Gasteiger partial charge in [-0.2, -0.15) is 0 Å². The summed E-state index contributed by atoms with van der Waals surface area (Å²) in [6, 6.07) is -1.01. The van der Waals surface area contributed by atoms with Crippen LogP contribution in [0.3, 0.4) is 0 Å². The summed E-state index contributed by atoms with van der Waals surface area (Å²) in [5, 5.41) is 28.1. The molecule has 9 heteroatoms. The van der Waals surface area contributed by atoms with Crippen LogP contribution in [0.25, 0.3) is 0 Å². The van der Waals surface area contributed by atoms with Crippen LogP contribution in [-0.4, -0.2) is 63.3 Å². The lowest BCUT2D eigenvalue weighted by Crippen LogP contribution is -2.42. The van der Waals surface area contributed by atoms with Crippen molar-refractivity contribution >= 4 is 15.4 Å². The van der Waals surface area contributed by atoms with Crippen molar-refractivity contribution in [3.8, 4) is 0 Å². The fourth-order valence-electron chi connectivity index (χ4n) is 2.90. The molecule has 4 N–H and O–H groups in total. The zero-order valence-corrected chi connectivity index (χ0v) is 15.8. The van der Waals surface area contributed by atoms with Crippen LogP contribution in [-0.2, 0) is 13.8 Å². The van der Waals surface area contributed by atoms with E-state index >= 15 is 0 Å². The van der Waals surface area contributed by atoms with E-state index in [0.29, 0.717) is 19.3 Å². The average Bonchev–Trinajstić information content (AvgIpc) is 2.74. The number of hydrogen-bond donors (Lipinski definition) is 4. The maximum atomic E-state index is 12.6. The van der Waals surface area contributed by atoms with Crippen LogP contribution < -0.4 is 0 Å². The molecule has 0 aromatic heterocycles. The Kier molecular flexibility index (Phi) is 7.52. The first-order chi connectivity index (χ1) is 10.9. The van der Waals surface area contributed by atoms with Gasteiger partial charge in [0.2, 0.25) is 0 Å². The number of ether oxygens (including phenoxy) is 1. The van der Waals surface area contributed by atoms with E-state index < -0.39 is 42.9 Å². The van der Waals surface area contributed by atoms with Gasteiger partial charge < -0.3 is 24.9 Å². The highest BCUT2D eigenvalue weighted by Crippen LogP contribution is 2.59. The number of aliphatic hydroxyl groups excluding tert-OH is 2. The van der Waals surface area contributed by atoms with Crippen LogP contribution in [0.5, 0.6) is 0 Å². The van der Waals surface area contributed by atoms with E-state index in [1.807, 2.05) is 6.92 Å². The minimum absolute atomic E-state index is 0.0544. The summed E-state index contributed by atoms with van der Waals surface area (Å²) in [6.45, 7) is 6.56. The van der Waals surface area contributed by atoms with E-state index in [0.717, 1.165) is 0 Å². The Labute approximate surface area is 145 Å². The lowest BCUT2D eigenvalue weighted by atomic mass is 9.86. The summed E-state index contributed by atoms with van der Waals surface area (Å²) >= 11 is 0. The topological polar surface area (TPSA) is 116 Å². The molecule has 7 nitrogen and oxygen atoms in total. The van der Waals surface area contributed by atoms with Crippen molar-refractivity contribution in [3.05, 3.63) is 0 Å². The van der Waals surface area contributed by atoms with Crippen molar-refractivity contribution in [2.45, 2.75) is 95.1 Å². The molecule has 0 aromatic rings. The molecule has 0 aliphatic carbocycles. The molecule has 2 radical (unpaired) electrons. The molecular formula is C15H30BO7P. The molecule has 0 bridgehead atoms. The van der Waals surface area contributed by atoms with Gasteiger partial charge in [-0.25, -0.2) is 0 Å². The molecule has 0 spiro atoms. The quantitative estimate of drug-likeness (QED) is 0.360. The first-order valence-corrected chi connectivity index (χ1v) is 10.1. The molecule has 4 unspecified atom stereocenters. The summed E-state index contributed by atoms with van der Waals surface area (Å²) in [5.74, 6) is 0. The third kappa shape index (κ3) is 4.61. The zero-order valence-electron chi connectivity index (χ0n) is 14.9.